The Morgan fingerprint density at radius 2 is 1.88 bits per heavy atom. The second-order valence-electron chi connectivity index (χ2n) is 8.33. The van der Waals surface area contributed by atoms with Crippen LogP contribution in [0.5, 0.6) is 0 Å². The first-order valence-electron chi connectivity index (χ1n) is 10.6. The molecular formula is C23H20BrN7O. The van der Waals surface area contributed by atoms with Gasteiger partial charge in [-0.05, 0) is 36.6 Å². The van der Waals surface area contributed by atoms with E-state index in [4.69, 9.17) is 4.98 Å². The number of benzene rings is 2. The van der Waals surface area contributed by atoms with Crippen molar-refractivity contribution in [3.8, 4) is 5.69 Å². The van der Waals surface area contributed by atoms with Crippen LogP contribution in [0, 0.1) is 5.92 Å². The average Bonchev–Trinajstić information content (AvgIpc) is 3.46. The van der Waals surface area contributed by atoms with Crippen molar-refractivity contribution in [2.45, 2.75) is 12.5 Å². The van der Waals surface area contributed by atoms with Crippen LogP contribution in [-0.4, -0.2) is 61.4 Å². The number of fused-ring (bicyclic) bond motifs is 3. The third kappa shape index (κ3) is 3.33. The molecule has 2 fully saturated rings. The highest BCUT2D eigenvalue weighted by Gasteiger charge is 2.41. The molecular weight excluding hydrogens is 470 g/mol. The van der Waals surface area contributed by atoms with E-state index in [0.717, 1.165) is 40.8 Å². The van der Waals surface area contributed by atoms with Gasteiger partial charge in [-0.3, -0.25) is 4.79 Å². The Bertz CT molecular complexity index is 1310. The molecule has 0 N–H and O–H groups in total. The van der Waals surface area contributed by atoms with E-state index in [1.807, 2.05) is 53.6 Å². The highest BCUT2D eigenvalue weighted by Crippen LogP contribution is 2.34. The van der Waals surface area contributed by atoms with Crippen LogP contribution in [0.2, 0.25) is 0 Å². The molecule has 2 aliphatic heterocycles. The molecule has 2 bridgehead atoms. The predicted molar refractivity (Wildman–Crippen MR) is 124 cm³/mol. The Kier molecular flexibility index (Phi) is 4.64. The Balaban J connectivity index is 1.28. The molecule has 2 aromatic carbocycles. The van der Waals surface area contributed by atoms with Gasteiger partial charge in [0.25, 0.3) is 5.91 Å². The van der Waals surface area contributed by atoms with Crippen LogP contribution in [0.3, 0.4) is 0 Å². The van der Waals surface area contributed by atoms with Crippen LogP contribution in [0.1, 0.15) is 16.8 Å². The topological polar surface area (TPSA) is 80.0 Å². The fourth-order valence-electron chi connectivity index (χ4n) is 4.84. The predicted octanol–water partition coefficient (Wildman–Crippen LogP) is 3.32. The molecule has 0 radical (unpaired) electrons. The Morgan fingerprint density at radius 1 is 1.03 bits per heavy atom. The van der Waals surface area contributed by atoms with E-state index in [-0.39, 0.29) is 11.9 Å². The number of nitrogens with zero attached hydrogens (tertiary/aromatic N) is 7. The first kappa shape index (κ1) is 19.4. The molecule has 160 valence electrons. The molecule has 2 aliphatic rings. The molecule has 2 saturated heterocycles. The zero-order valence-electron chi connectivity index (χ0n) is 17.2. The Morgan fingerprint density at radius 3 is 2.75 bits per heavy atom. The van der Waals surface area contributed by atoms with E-state index in [1.54, 1.807) is 12.4 Å². The number of hydrogen-bond acceptors (Lipinski definition) is 6. The molecule has 2 unspecified atom stereocenters. The smallest absolute Gasteiger partial charge is 0.256 e. The maximum atomic E-state index is 13.6. The lowest BCUT2D eigenvalue weighted by Gasteiger charge is -2.33. The van der Waals surface area contributed by atoms with E-state index >= 15 is 0 Å². The quantitative estimate of drug-likeness (QED) is 0.439. The molecule has 1 amide bonds. The van der Waals surface area contributed by atoms with Crippen molar-refractivity contribution in [3.05, 3.63) is 71.1 Å². The van der Waals surface area contributed by atoms with E-state index in [1.165, 1.54) is 4.80 Å². The minimum absolute atomic E-state index is 0.00502. The van der Waals surface area contributed by atoms with Crippen molar-refractivity contribution < 1.29 is 4.79 Å². The molecule has 4 heterocycles. The second-order valence-corrected chi connectivity index (χ2v) is 9.24. The zero-order chi connectivity index (χ0) is 21.7. The van der Waals surface area contributed by atoms with Crippen molar-refractivity contribution in [1.82, 2.24) is 29.9 Å². The van der Waals surface area contributed by atoms with Gasteiger partial charge in [0.15, 0.2) is 0 Å². The molecule has 0 aliphatic carbocycles. The van der Waals surface area contributed by atoms with Crippen LogP contribution < -0.4 is 4.90 Å². The van der Waals surface area contributed by atoms with E-state index < -0.39 is 0 Å². The van der Waals surface area contributed by atoms with Crippen molar-refractivity contribution in [1.29, 1.82) is 0 Å². The van der Waals surface area contributed by atoms with Crippen LogP contribution >= 0.6 is 15.9 Å². The van der Waals surface area contributed by atoms with Crippen LogP contribution in [0.15, 0.2) is 65.5 Å². The normalized spacial score (nSPS) is 20.2. The molecule has 2 aromatic heterocycles. The Hall–Kier alpha value is -3.33. The standard InChI is InChI=1S/C23H20BrN7O/c24-17-5-6-21(31-26-7-8-27-31)19(10-17)22(32)29-12-15-9-18(14-29)30(13-15)23-25-11-16-3-1-2-4-20(16)28-23/h1-8,10-11,15,18H,9,12-14H2. The molecule has 2 atom stereocenters. The summed E-state index contributed by atoms with van der Waals surface area (Å²) in [6.07, 6.45) is 6.15. The van der Waals surface area contributed by atoms with Gasteiger partial charge in [0.05, 0.1) is 29.2 Å². The largest absolute Gasteiger partial charge is 0.336 e. The minimum Gasteiger partial charge on any atom is -0.336 e. The average molecular weight is 490 g/mol. The van der Waals surface area contributed by atoms with E-state index in [9.17, 15) is 4.79 Å². The zero-order valence-corrected chi connectivity index (χ0v) is 18.8. The number of piperidine rings is 1. The first-order valence-corrected chi connectivity index (χ1v) is 11.4. The van der Waals surface area contributed by atoms with Gasteiger partial charge >= 0.3 is 0 Å². The summed E-state index contributed by atoms with van der Waals surface area (Å²) >= 11 is 3.50. The molecule has 6 rings (SSSR count). The van der Waals surface area contributed by atoms with Crippen LogP contribution in [0.25, 0.3) is 16.6 Å². The maximum absolute atomic E-state index is 13.6. The van der Waals surface area contributed by atoms with Gasteiger partial charge in [0.1, 0.15) is 0 Å². The number of aromatic nitrogens is 5. The molecule has 4 aromatic rings. The lowest BCUT2D eigenvalue weighted by Crippen LogP contribution is -2.45. The van der Waals surface area contributed by atoms with Gasteiger partial charge in [0.2, 0.25) is 5.95 Å². The fraction of sp³-hybridized carbons (Fsp3) is 0.261. The SMILES string of the molecule is O=C(c1cc(Br)ccc1-n1nccn1)N1CC2CC(C1)N(c1ncc3ccccc3n1)C2. The van der Waals surface area contributed by atoms with E-state index in [0.29, 0.717) is 23.7 Å². The number of anilines is 1. The summed E-state index contributed by atoms with van der Waals surface area (Å²) < 4.78 is 0.850. The molecule has 0 saturated carbocycles. The fourth-order valence-corrected chi connectivity index (χ4v) is 5.20. The van der Waals surface area contributed by atoms with E-state index in [2.05, 4.69) is 36.0 Å². The first-order chi connectivity index (χ1) is 15.7. The van der Waals surface area contributed by atoms with Crippen molar-refractivity contribution in [2.24, 2.45) is 5.92 Å². The number of carbonyl (C=O) groups excluding carboxylic acids is 1. The number of hydrogen-bond donors (Lipinski definition) is 0. The molecule has 8 nitrogen and oxygen atoms in total. The van der Waals surface area contributed by atoms with Crippen molar-refractivity contribution in [2.75, 3.05) is 24.5 Å². The van der Waals surface area contributed by atoms with Crippen molar-refractivity contribution in [3.63, 3.8) is 0 Å². The number of amides is 1. The molecule has 32 heavy (non-hydrogen) atoms. The molecule has 0 spiro atoms. The van der Waals surface area contributed by atoms with Gasteiger partial charge in [0, 0.05) is 41.7 Å². The van der Waals surface area contributed by atoms with Gasteiger partial charge in [-0.15, -0.1) is 0 Å². The highest BCUT2D eigenvalue weighted by molar-refractivity contribution is 9.10. The van der Waals surface area contributed by atoms with Gasteiger partial charge in [-0.25, -0.2) is 9.97 Å². The summed E-state index contributed by atoms with van der Waals surface area (Å²) in [7, 11) is 0. The summed E-state index contributed by atoms with van der Waals surface area (Å²) in [6.45, 7) is 2.22. The lowest BCUT2D eigenvalue weighted by molar-refractivity contribution is 0.0694. The second kappa shape index (κ2) is 7.67. The summed E-state index contributed by atoms with van der Waals surface area (Å²) in [5.74, 6) is 1.13. The van der Waals surface area contributed by atoms with Crippen molar-refractivity contribution >= 4 is 38.7 Å². The summed E-state index contributed by atoms with van der Waals surface area (Å²) in [4.78, 5) is 28.7. The number of rotatable bonds is 3. The van der Waals surface area contributed by atoms with Crippen LogP contribution in [-0.2, 0) is 0 Å². The maximum Gasteiger partial charge on any atom is 0.256 e. The minimum atomic E-state index is -0.00502. The number of likely N-dealkylation sites (tertiary alicyclic amines) is 1. The lowest BCUT2D eigenvalue weighted by atomic mass is 9.99. The number of carbonyl (C=O) groups is 1. The summed E-state index contributed by atoms with van der Waals surface area (Å²) in [5.41, 5.74) is 2.21. The summed E-state index contributed by atoms with van der Waals surface area (Å²) in [5, 5.41) is 9.47. The monoisotopic (exact) mass is 489 g/mol. The highest BCUT2D eigenvalue weighted by atomic mass is 79.9. The summed E-state index contributed by atoms with van der Waals surface area (Å²) in [6, 6.07) is 13.8. The Labute approximate surface area is 193 Å². The number of halogens is 1. The molecule has 9 heteroatoms. The van der Waals surface area contributed by atoms with Gasteiger partial charge < -0.3 is 9.80 Å². The van der Waals surface area contributed by atoms with Gasteiger partial charge in [-0.1, -0.05) is 34.1 Å². The third-order valence-electron chi connectivity index (χ3n) is 6.25. The van der Waals surface area contributed by atoms with Gasteiger partial charge in [-0.2, -0.15) is 15.0 Å². The van der Waals surface area contributed by atoms with Crippen LogP contribution in [0.4, 0.5) is 5.95 Å². The number of para-hydroxylation sites is 1. The third-order valence-corrected chi connectivity index (χ3v) is 6.75.